The van der Waals surface area contributed by atoms with Gasteiger partial charge < -0.3 is 4.74 Å². The van der Waals surface area contributed by atoms with E-state index in [1.807, 2.05) is 0 Å². The number of nitrogens with zero attached hydrogens (tertiary/aromatic N) is 1. The lowest BCUT2D eigenvalue weighted by Crippen LogP contribution is -2.25. The molecule has 2 nitrogen and oxygen atoms in total. The Morgan fingerprint density at radius 2 is 1.45 bits per heavy atom. The first-order valence-electron chi connectivity index (χ1n) is 12.3. The fourth-order valence-corrected chi connectivity index (χ4v) is 5.13. The molecule has 3 aromatic carbocycles. The van der Waals surface area contributed by atoms with Crippen molar-refractivity contribution in [3.63, 3.8) is 0 Å². The summed E-state index contributed by atoms with van der Waals surface area (Å²) in [6, 6.07) is 6.88. The van der Waals surface area contributed by atoms with E-state index in [2.05, 4.69) is 11.7 Å². The van der Waals surface area contributed by atoms with Crippen LogP contribution in [0.4, 0.5) is 30.7 Å². The molecule has 1 saturated carbocycles. The van der Waals surface area contributed by atoms with Crippen LogP contribution in [0.25, 0.3) is 11.1 Å². The van der Waals surface area contributed by atoms with E-state index in [1.54, 1.807) is 0 Å². The molecule has 1 aliphatic rings. The average molecular weight is 536 g/mol. The minimum atomic E-state index is -4.48. The van der Waals surface area contributed by atoms with Gasteiger partial charge in [-0.3, -0.25) is 0 Å². The van der Waals surface area contributed by atoms with Crippen LogP contribution in [0.5, 0.6) is 5.75 Å². The summed E-state index contributed by atoms with van der Waals surface area (Å²) in [7, 11) is 0. The second-order valence-corrected chi connectivity index (χ2v) is 9.55. The van der Waals surface area contributed by atoms with Crippen molar-refractivity contribution in [2.75, 3.05) is 0 Å². The molecule has 0 saturated heterocycles. The molecule has 1 aliphatic carbocycles. The highest BCUT2D eigenvalue weighted by Crippen LogP contribution is 2.41. The lowest BCUT2D eigenvalue weighted by molar-refractivity contribution is -0.189. The van der Waals surface area contributed by atoms with Crippen LogP contribution in [0, 0.1) is 46.3 Å². The molecule has 0 amide bonds. The van der Waals surface area contributed by atoms with E-state index in [1.165, 1.54) is 6.07 Å². The van der Waals surface area contributed by atoms with Crippen molar-refractivity contribution in [3.8, 4) is 22.9 Å². The number of benzene rings is 3. The van der Waals surface area contributed by atoms with E-state index in [4.69, 9.17) is 5.26 Å². The zero-order chi connectivity index (χ0) is 27.6. The lowest BCUT2D eigenvalue weighted by atomic mass is 9.77. The first kappa shape index (κ1) is 27.5. The predicted octanol–water partition coefficient (Wildman–Crippen LogP) is 9.12. The van der Waals surface area contributed by atoms with Crippen LogP contribution in [-0.4, -0.2) is 0 Å². The Kier molecular flexibility index (Phi) is 8.00. The molecule has 1 fully saturated rings. The zero-order valence-electron chi connectivity index (χ0n) is 20.4. The molecule has 0 spiro atoms. The van der Waals surface area contributed by atoms with Crippen LogP contribution in [0.2, 0.25) is 0 Å². The van der Waals surface area contributed by atoms with Crippen molar-refractivity contribution in [1.29, 1.82) is 5.26 Å². The van der Waals surface area contributed by atoms with E-state index in [9.17, 15) is 30.7 Å². The third-order valence-electron chi connectivity index (χ3n) is 7.02. The van der Waals surface area contributed by atoms with Crippen LogP contribution >= 0.6 is 0 Å². The molecular formula is C29H24F7NO. The van der Waals surface area contributed by atoms with E-state index in [0.29, 0.717) is 30.4 Å². The SMILES string of the molecule is CCCC1CCC(c2cc(F)c(C(F)(F)Oc3ccc(-c4cc(F)c(C#N)c(F)c4)c(F)c3)c(F)c2)CC1. The molecule has 0 bridgehead atoms. The molecular weight excluding hydrogens is 511 g/mol. The van der Waals surface area contributed by atoms with Gasteiger partial charge in [0.05, 0.1) is 0 Å². The average Bonchev–Trinajstić information content (AvgIpc) is 2.83. The maximum atomic E-state index is 14.9. The fraction of sp³-hybridized carbons (Fsp3) is 0.345. The normalized spacial score (nSPS) is 17.8. The summed E-state index contributed by atoms with van der Waals surface area (Å²) in [6.07, 6.45) is 0.912. The molecule has 0 heterocycles. The van der Waals surface area contributed by atoms with Gasteiger partial charge in [-0.2, -0.15) is 14.0 Å². The molecule has 3 aromatic rings. The van der Waals surface area contributed by atoms with Crippen LogP contribution < -0.4 is 4.74 Å². The van der Waals surface area contributed by atoms with Gasteiger partial charge in [0.2, 0.25) is 0 Å². The number of alkyl halides is 2. The Balaban J connectivity index is 1.55. The molecule has 4 rings (SSSR count). The van der Waals surface area contributed by atoms with E-state index < -0.39 is 52.1 Å². The van der Waals surface area contributed by atoms with Crippen LogP contribution in [0.1, 0.15) is 68.1 Å². The third kappa shape index (κ3) is 5.64. The number of nitriles is 1. The number of rotatable bonds is 7. The maximum absolute atomic E-state index is 14.9. The minimum Gasteiger partial charge on any atom is -0.429 e. The quantitative estimate of drug-likeness (QED) is 0.283. The monoisotopic (exact) mass is 535 g/mol. The summed E-state index contributed by atoms with van der Waals surface area (Å²) >= 11 is 0. The van der Waals surface area contributed by atoms with Crippen LogP contribution in [-0.2, 0) is 6.11 Å². The topological polar surface area (TPSA) is 33.0 Å². The van der Waals surface area contributed by atoms with Gasteiger partial charge in [0.15, 0.2) is 0 Å². The molecule has 9 heteroatoms. The van der Waals surface area contributed by atoms with Gasteiger partial charge >= 0.3 is 6.11 Å². The van der Waals surface area contributed by atoms with Crippen molar-refractivity contribution >= 4 is 0 Å². The zero-order valence-corrected chi connectivity index (χ0v) is 20.4. The molecule has 0 atom stereocenters. The summed E-state index contributed by atoms with van der Waals surface area (Å²) in [5, 5.41) is 8.76. The minimum absolute atomic E-state index is 0.130. The number of hydrogen-bond acceptors (Lipinski definition) is 2. The first-order valence-corrected chi connectivity index (χ1v) is 12.3. The molecule has 0 unspecified atom stereocenters. The lowest BCUT2D eigenvalue weighted by Gasteiger charge is -2.29. The van der Waals surface area contributed by atoms with Gasteiger partial charge in [0.25, 0.3) is 0 Å². The molecule has 0 aromatic heterocycles. The Hall–Kier alpha value is -3.54. The second-order valence-electron chi connectivity index (χ2n) is 9.55. The standard InChI is InChI=1S/C29H24F7NO/c1-2-3-16-4-6-17(7-5-16)18-10-26(33)28(27(34)11-18)29(35,36)38-20-8-9-21(25(32)14-20)19-12-23(30)22(15-37)24(31)13-19/h8-14,16-17H,2-7H2,1H3. The van der Waals surface area contributed by atoms with Gasteiger partial charge in [0, 0.05) is 11.6 Å². The molecule has 200 valence electrons. The molecule has 38 heavy (non-hydrogen) atoms. The molecule has 0 N–H and O–H groups in total. The summed E-state index contributed by atoms with van der Waals surface area (Å²) in [6.45, 7) is 2.10. The van der Waals surface area contributed by atoms with E-state index in [-0.39, 0.29) is 17.0 Å². The van der Waals surface area contributed by atoms with Crippen molar-refractivity contribution in [2.24, 2.45) is 5.92 Å². The predicted molar refractivity (Wildman–Crippen MR) is 127 cm³/mol. The number of halogens is 7. The van der Waals surface area contributed by atoms with Gasteiger partial charge in [-0.15, -0.1) is 0 Å². The number of hydrogen-bond donors (Lipinski definition) is 0. The largest absolute Gasteiger partial charge is 0.432 e. The second kappa shape index (κ2) is 11.1. The third-order valence-corrected chi connectivity index (χ3v) is 7.02. The Morgan fingerprint density at radius 1 is 0.842 bits per heavy atom. The van der Waals surface area contributed by atoms with Crippen LogP contribution in [0.3, 0.4) is 0 Å². The van der Waals surface area contributed by atoms with E-state index >= 15 is 0 Å². The molecule has 0 aliphatic heterocycles. The Labute approximate surface area is 215 Å². The molecule has 0 radical (unpaired) electrons. The highest BCUT2D eigenvalue weighted by atomic mass is 19.3. The van der Waals surface area contributed by atoms with Crippen molar-refractivity contribution in [3.05, 3.63) is 88.2 Å². The summed E-state index contributed by atoms with van der Waals surface area (Å²) in [5.41, 5.74) is -2.79. The smallest absolute Gasteiger partial charge is 0.429 e. The highest BCUT2D eigenvalue weighted by Gasteiger charge is 2.41. The van der Waals surface area contributed by atoms with Crippen LogP contribution in [0.15, 0.2) is 42.5 Å². The van der Waals surface area contributed by atoms with E-state index in [0.717, 1.165) is 62.1 Å². The van der Waals surface area contributed by atoms with Gasteiger partial charge in [-0.05, 0) is 85.0 Å². The fourth-order valence-electron chi connectivity index (χ4n) is 5.13. The van der Waals surface area contributed by atoms with Gasteiger partial charge in [0.1, 0.15) is 52.0 Å². The Bertz CT molecular complexity index is 1330. The summed E-state index contributed by atoms with van der Waals surface area (Å²) in [4.78, 5) is 0. The maximum Gasteiger partial charge on any atom is 0.432 e. The van der Waals surface area contributed by atoms with Crippen molar-refractivity contribution in [2.45, 2.75) is 57.5 Å². The summed E-state index contributed by atoms with van der Waals surface area (Å²) in [5.74, 6) is -6.91. The van der Waals surface area contributed by atoms with Gasteiger partial charge in [-0.25, -0.2) is 22.0 Å². The van der Waals surface area contributed by atoms with Crippen molar-refractivity contribution < 1.29 is 35.5 Å². The highest BCUT2D eigenvalue weighted by molar-refractivity contribution is 5.66. The van der Waals surface area contributed by atoms with Crippen molar-refractivity contribution in [1.82, 2.24) is 0 Å². The van der Waals surface area contributed by atoms with Gasteiger partial charge in [-0.1, -0.05) is 19.8 Å². The number of ether oxygens (including phenoxy) is 1. The summed E-state index contributed by atoms with van der Waals surface area (Å²) < 4.78 is 106. The first-order chi connectivity index (χ1) is 18.0. The Morgan fingerprint density at radius 3 is 1.97 bits per heavy atom.